The summed E-state index contributed by atoms with van der Waals surface area (Å²) in [6.07, 6.45) is 0. The molecule has 4 rings (SSSR count). The second-order valence-electron chi connectivity index (χ2n) is 7.68. The van der Waals surface area contributed by atoms with Gasteiger partial charge in [0.05, 0.1) is 5.75 Å². The highest BCUT2D eigenvalue weighted by atomic mass is 32.2. The first-order chi connectivity index (χ1) is 15.5. The highest BCUT2D eigenvalue weighted by Gasteiger charge is 2.08. The van der Waals surface area contributed by atoms with Crippen LogP contribution in [0.2, 0.25) is 0 Å². The molecule has 0 aromatic heterocycles. The molecule has 4 aromatic rings. The van der Waals surface area contributed by atoms with E-state index in [9.17, 15) is 9.59 Å². The first-order valence-electron chi connectivity index (χ1n) is 10.4. The van der Waals surface area contributed by atoms with Crippen molar-refractivity contribution in [2.75, 3.05) is 16.4 Å². The average molecular weight is 441 g/mol. The molecule has 0 aliphatic carbocycles. The number of benzene rings is 4. The van der Waals surface area contributed by atoms with Crippen molar-refractivity contribution >= 4 is 45.7 Å². The minimum absolute atomic E-state index is 0.0491. The van der Waals surface area contributed by atoms with Crippen LogP contribution in [0.3, 0.4) is 0 Å². The minimum Gasteiger partial charge on any atom is -0.325 e. The third-order valence-corrected chi connectivity index (χ3v) is 6.30. The normalized spacial score (nSPS) is 10.7. The Bertz CT molecular complexity index is 1280. The minimum atomic E-state index is -0.149. The fourth-order valence-corrected chi connectivity index (χ4v) is 4.03. The fourth-order valence-electron chi connectivity index (χ4n) is 3.33. The van der Waals surface area contributed by atoms with Crippen LogP contribution in [0.15, 0.2) is 89.8 Å². The molecular weight excluding hydrogens is 416 g/mol. The lowest BCUT2D eigenvalue weighted by molar-refractivity contribution is -0.113. The molecule has 0 spiro atoms. The van der Waals surface area contributed by atoms with Crippen LogP contribution >= 0.6 is 11.8 Å². The molecule has 0 saturated heterocycles. The number of rotatable bonds is 6. The van der Waals surface area contributed by atoms with Gasteiger partial charge in [0.1, 0.15) is 0 Å². The Hall–Kier alpha value is -3.57. The van der Waals surface area contributed by atoms with Crippen molar-refractivity contribution < 1.29 is 9.59 Å². The van der Waals surface area contributed by atoms with Gasteiger partial charge in [0.25, 0.3) is 5.91 Å². The van der Waals surface area contributed by atoms with Crippen LogP contribution in [0, 0.1) is 13.8 Å². The smallest absolute Gasteiger partial charge is 0.255 e. The molecule has 32 heavy (non-hydrogen) atoms. The molecule has 0 aliphatic rings. The first-order valence-corrected chi connectivity index (χ1v) is 11.4. The number of carbonyl (C=O) groups excluding carboxylic acids is 2. The second kappa shape index (κ2) is 9.71. The maximum atomic E-state index is 12.6. The van der Waals surface area contributed by atoms with Gasteiger partial charge in [0.15, 0.2) is 0 Å². The highest BCUT2D eigenvalue weighted by molar-refractivity contribution is 8.00. The Kier molecular flexibility index (Phi) is 6.57. The third-order valence-electron chi connectivity index (χ3n) is 5.28. The molecule has 0 unspecified atom stereocenters. The van der Waals surface area contributed by atoms with Crippen LogP contribution < -0.4 is 10.6 Å². The molecule has 0 bridgehead atoms. The summed E-state index contributed by atoms with van der Waals surface area (Å²) in [6, 6.07) is 27.0. The molecule has 2 amide bonds. The molecule has 4 nitrogen and oxygen atoms in total. The van der Waals surface area contributed by atoms with Crippen LogP contribution in [0.5, 0.6) is 0 Å². The van der Waals surface area contributed by atoms with Gasteiger partial charge < -0.3 is 10.6 Å². The van der Waals surface area contributed by atoms with E-state index in [1.165, 1.54) is 17.3 Å². The van der Waals surface area contributed by atoms with Crippen LogP contribution in [0.25, 0.3) is 10.8 Å². The Morgan fingerprint density at radius 1 is 0.719 bits per heavy atom. The van der Waals surface area contributed by atoms with E-state index in [-0.39, 0.29) is 11.8 Å². The van der Waals surface area contributed by atoms with E-state index in [1.54, 1.807) is 0 Å². The second-order valence-corrected chi connectivity index (χ2v) is 8.73. The lowest BCUT2D eigenvalue weighted by Gasteiger charge is -2.09. The third kappa shape index (κ3) is 5.37. The zero-order chi connectivity index (χ0) is 22.5. The van der Waals surface area contributed by atoms with Crippen LogP contribution in [-0.2, 0) is 4.79 Å². The van der Waals surface area contributed by atoms with Gasteiger partial charge in [-0.3, -0.25) is 9.59 Å². The average Bonchev–Trinajstić information content (AvgIpc) is 2.80. The van der Waals surface area contributed by atoms with Crippen molar-refractivity contribution in [3.05, 3.63) is 102 Å². The monoisotopic (exact) mass is 440 g/mol. The Morgan fingerprint density at radius 2 is 1.44 bits per heavy atom. The van der Waals surface area contributed by atoms with Crippen molar-refractivity contribution in [1.29, 1.82) is 0 Å². The van der Waals surface area contributed by atoms with Crippen molar-refractivity contribution in [2.24, 2.45) is 0 Å². The summed E-state index contributed by atoms with van der Waals surface area (Å²) < 4.78 is 0. The quantitative estimate of drug-likeness (QED) is 0.339. The zero-order valence-corrected chi connectivity index (χ0v) is 18.8. The van der Waals surface area contributed by atoms with E-state index in [4.69, 9.17) is 0 Å². The summed E-state index contributed by atoms with van der Waals surface area (Å²) in [6.45, 7) is 4.07. The maximum absolute atomic E-state index is 12.6. The topological polar surface area (TPSA) is 58.2 Å². The van der Waals surface area contributed by atoms with Gasteiger partial charge in [-0.15, -0.1) is 11.8 Å². The number of thioether (sulfide) groups is 1. The number of amides is 2. The predicted molar refractivity (Wildman–Crippen MR) is 134 cm³/mol. The number of fused-ring (bicyclic) bond motifs is 1. The fraction of sp³-hybridized carbons (Fsp3) is 0.111. The molecule has 0 radical (unpaired) electrons. The van der Waals surface area contributed by atoms with Crippen LogP contribution in [0.4, 0.5) is 11.4 Å². The number of aryl methyl sites for hydroxylation is 2. The molecule has 160 valence electrons. The van der Waals surface area contributed by atoms with Gasteiger partial charge in [0.2, 0.25) is 5.91 Å². The Labute approximate surface area is 192 Å². The van der Waals surface area contributed by atoms with Gasteiger partial charge in [0, 0.05) is 21.8 Å². The molecule has 5 heteroatoms. The highest BCUT2D eigenvalue weighted by Crippen LogP contribution is 2.22. The molecule has 4 aromatic carbocycles. The van der Waals surface area contributed by atoms with Gasteiger partial charge in [-0.25, -0.2) is 0 Å². The van der Waals surface area contributed by atoms with E-state index >= 15 is 0 Å². The largest absolute Gasteiger partial charge is 0.325 e. The summed E-state index contributed by atoms with van der Waals surface area (Å²) in [5.74, 6) is 0.117. The van der Waals surface area contributed by atoms with E-state index < -0.39 is 0 Å². The zero-order valence-electron chi connectivity index (χ0n) is 18.0. The Morgan fingerprint density at radius 3 is 2.19 bits per heavy atom. The van der Waals surface area contributed by atoms with Gasteiger partial charge in [-0.2, -0.15) is 0 Å². The molecule has 0 heterocycles. The lowest BCUT2D eigenvalue weighted by Crippen LogP contribution is -2.14. The van der Waals surface area contributed by atoms with Crippen LogP contribution in [0.1, 0.15) is 21.5 Å². The van der Waals surface area contributed by atoms with Gasteiger partial charge in [-0.1, -0.05) is 36.4 Å². The summed E-state index contributed by atoms with van der Waals surface area (Å²) in [4.78, 5) is 25.8. The van der Waals surface area contributed by atoms with E-state index in [0.29, 0.717) is 17.0 Å². The van der Waals surface area contributed by atoms with Crippen molar-refractivity contribution in [3.8, 4) is 0 Å². The van der Waals surface area contributed by atoms with Gasteiger partial charge in [-0.05, 0) is 84.3 Å². The molecule has 0 atom stereocenters. The van der Waals surface area contributed by atoms with Gasteiger partial charge >= 0.3 is 0 Å². The Balaban J connectivity index is 1.31. The van der Waals surface area contributed by atoms with E-state index in [2.05, 4.69) is 10.6 Å². The van der Waals surface area contributed by atoms with E-state index in [0.717, 1.165) is 26.9 Å². The lowest BCUT2D eigenvalue weighted by atomic mass is 10.1. The number of hydrogen-bond donors (Lipinski definition) is 2. The summed E-state index contributed by atoms with van der Waals surface area (Å²) in [7, 11) is 0. The number of hydrogen-bond acceptors (Lipinski definition) is 3. The van der Waals surface area contributed by atoms with Crippen molar-refractivity contribution in [1.82, 2.24) is 0 Å². The molecule has 2 N–H and O–H groups in total. The number of anilines is 2. The predicted octanol–water partition coefficient (Wildman–Crippen LogP) is 6.44. The standard InChI is InChI=1S/C27H24N2O2S/c1-18-7-10-24(15-19(18)2)28-26(30)17-32-25-13-11-23(12-14-25)29-27(31)22-9-8-20-5-3-4-6-21(20)16-22/h3-16H,17H2,1-2H3,(H,28,30)(H,29,31). The SMILES string of the molecule is Cc1ccc(NC(=O)CSc2ccc(NC(=O)c3ccc4ccccc4c3)cc2)cc1C. The first kappa shape index (κ1) is 21.7. The summed E-state index contributed by atoms with van der Waals surface area (Å²) in [5.41, 5.74) is 4.49. The number of carbonyl (C=O) groups is 2. The molecule has 0 fully saturated rings. The molecule has 0 aliphatic heterocycles. The number of nitrogens with one attached hydrogen (secondary N) is 2. The van der Waals surface area contributed by atoms with E-state index in [1.807, 2.05) is 98.8 Å². The van der Waals surface area contributed by atoms with Crippen LogP contribution in [-0.4, -0.2) is 17.6 Å². The van der Waals surface area contributed by atoms with Crippen molar-refractivity contribution in [3.63, 3.8) is 0 Å². The summed E-state index contributed by atoms with van der Waals surface area (Å²) >= 11 is 1.46. The molecular formula is C27H24N2O2S. The molecule has 0 saturated carbocycles. The maximum Gasteiger partial charge on any atom is 0.255 e. The van der Waals surface area contributed by atoms with Crippen molar-refractivity contribution in [2.45, 2.75) is 18.7 Å². The summed E-state index contributed by atoms with van der Waals surface area (Å²) in [5, 5.41) is 8.00.